The molecule has 0 atom stereocenters. The first-order valence-electron chi connectivity index (χ1n) is 7.02. The van der Waals surface area contributed by atoms with Crippen LogP contribution < -0.4 is 4.90 Å². The lowest BCUT2D eigenvalue weighted by Crippen LogP contribution is -2.31. The minimum atomic E-state index is -4.74. The average molecular weight is 421 g/mol. The van der Waals surface area contributed by atoms with Crippen molar-refractivity contribution in [2.24, 2.45) is 0 Å². The number of rotatable bonds is 2. The lowest BCUT2D eigenvalue weighted by atomic mass is 10.1. The number of alkyl halides is 3. The van der Waals surface area contributed by atoms with Crippen LogP contribution in [0.25, 0.3) is 5.57 Å². The van der Waals surface area contributed by atoms with Gasteiger partial charge in [0.1, 0.15) is 5.03 Å². The SMILES string of the molecule is O=C1C(Cl)=C(c2ccc(Cl)cc2)C(=O)N1c1ccc(Cl)c(C(F)(F)F)c1. The maximum atomic E-state index is 13.0. The van der Waals surface area contributed by atoms with Crippen molar-refractivity contribution in [3.8, 4) is 0 Å². The number of imide groups is 1. The third-order valence-electron chi connectivity index (χ3n) is 3.67. The van der Waals surface area contributed by atoms with Crippen LogP contribution in [0.2, 0.25) is 10.0 Å². The molecule has 0 bridgehead atoms. The fraction of sp³-hybridized carbons (Fsp3) is 0.0588. The predicted molar refractivity (Wildman–Crippen MR) is 93.2 cm³/mol. The molecule has 26 heavy (non-hydrogen) atoms. The molecule has 1 heterocycles. The highest BCUT2D eigenvalue weighted by atomic mass is 35.5. The molecule has 2 aromatic carbocycles. The van der Waals surface area contributed by atoms with Gasteiger partial charge in [-0.15, -0.1) is 0 Å². The number of halogens is 6. The molecule has 0 spiro atoms. The number of amides is 2. The fourth-order valence-corrected chi connectivity index (χ4v) is 3.10. The molecule has 0 unspecified atom stereocenters. The minimum absolute atomic E-state index is 0.114. The van der Waals surface area contributed by atoms with Crippen molar-refractivity contribution in [1.29, 1.82) is 0 Å². The van der Waals surface area contributed by atoms with Crippen LogP contribution in [-0.4, -0.2) is 11.8 Å². The molecule has 0 saturated heterocycles. The molecular weight excluding hydrogens is 414 g/mol. The largest absolute Gasteiger partial charge is 0.417 e. The number of carbonyl (C=O) groups is 2. The van der Waals surface area contributed by atoms with Gasteiger partial charge in [-0.3, -0.25) is 9.59 Å². The fourth-order valence-electron chi connectivity index (χ4n) is 2.47. The Hall–Kier alpha value is -2.02. The van der Waals surface area contributed by atoms with E-state index in [-0.39, 0.29) is 16.3 Å². The zero-order valence-corrected chi connectivity index (χ0v) is 14.8. The molecule has 0 N–H and O–H groups in total. The second kappa shape index (κ2) is 6.61. The Balaban J connectivity index is 2.06. The summed E-state index contributed by atoms with van der Waals surface area (Å²) >= 11 is 17.3. The van der Waals surface area contributed by atoms with E-state index in [0.29, 0.717) is 21.6 Å². The Morgan fingerprint density at radius 3 is 2.04 bits per heavy atom. The van der Waals surface area contributed by atoms with Gasteiger partial charge >= 0.3 is 6.18 Å². The highest BCUT2D eigenvalue weighted by Crippen LogP contribution is 2.40. The van der Waals surface area contributed by atoms with E-state index in [0.717, 1.165) is 12.1 Å². The summed E-state index contributed by atoms with van der Waals surface area (Å²) in [4.78, 5) is 25.6. The van der Waals surface area contributed by atoms with Crippen LogP contribution in [0.15, 0.2) is 47.5 Å². The van der Waals surface area contributed by atoms with Crippen molar-refractivity contribution in [3.63, 3.8) is 0 Å². The lowest BCUT2D eigenvalue weighted by Gasteiger charge is -2.17. The molecule has 3 nitrogen and oxygen atoms in total. The first-order chi connectivity index (χ1) is 12.1. The monoisotopic (exact) mass is 419 g/mol. The maximum Gasteiger partial charge on any atom is 0.417 e. The van der Waals surface area contributed by atoms with E-state index in [1.807, 2.05) is 0 Å². The third-order valence-corrected chi connectivity index (χ3v) is 4.61. The maximum absolute atomic E-state index is 13.0. The Morgan fingerprint density at radius 1 is 0.846 bits per heavy atom. The first-order valence-corrected chi connectivity index (χ1v) is 8.16. The van der Waals surface area contributed by atoms with Gasteiger partial charge in [0.2, 0.25) is 0 Å². The quantitative estimate of drug-likeness (QED) is 0.599. The molecule has 9 heteroatoms. The zero-order chi connectivity index (χ0) is 19.2. The van der Waals surface area contributed by atoms with Gasteiger partial charge in [-0.25, -0.2) is 4.90 Å². The van der Waals surface area contributed by atoms with Gasteiger partial charge in [-0.1, -0.05) is 46.9 Å². The van der Waals surface area contributed by atoms with Crippen LogP contribution in [-0.2, 0) is 15.8 Å². The zero-order valence-electron chi connectivity index (χ0n) is 12.6. The molecule has 0 fully saturated rings. The van der Waals surface area contributed by atoms with Gasteiger partial charge in [-0.2, -0.15) is 13.2 Å². The summed E-state index contributed by atoms with van der Waals surface area (Å²) in [5, 5.41) is -0.523. The van der Waals surface area contributed by atoms with Crippen molar-refractivity contribution in [2.45, 2.75) is 6.18 Å². The highest BCUT2D eigenvalue weighted by Gasteiger charge is 2.41. The Labute approximate surface area is 160 Å². The smallest absolute Gasteiger partial charge is 0.268 e. The van der Waals surface area contributed by atoms with Crippen LogP contribution in [0, 0.1) is 0 Å². The molecule has 1 aliphatic heterocycles. The van der Waals surface area contributed by atoms with Crippen LogP contribution in [0.3, 0.4) is 0 Å². The van der Waals surface area contributed by atoms with Crippen LogP contribution in [0.1, 0.15) is 11.1 Å². The minimum Gasteiger partial charge on any atom is -0.268 e. The van der Waals surface area contributed by atoms with E-state index in [1.165, 1.54) is 24.3 Å². The summed E-state index contributed by atoms with van der Waals surface area (Å²) in [6, 6.07) is 8.70. The highest BCUT2D eigenvalue weighted by molar-refractivity contribution is 6.60. The molecule has 1 aliphatic rings. The molecule has 2 aromatic rings. The molecule has 3 rings (SSSR count). The van der Waals surface area contributed by atoms with Crippen LogP contribution in [0.4, 0.5) is 18.9 Å². The van der Waals surface area contributed by atoms with E-state index >= 15 is 0 Å². The number of hydrogen-bond donors (Lipinski definition) is 0. The Kier molecular flexibility index (Phi) is 4.77. The van der Waals surface area contributed by atoms with E-state index in [4.69, 9.17) is 34.8 Å². The van der Waals surface area contributed by atoms with Crippen molar-refractivity contribution < 1.29 is 22.8 Å². The molecule has 0 radical (unpaired) electrons. The van der Waals surface area contributed by atoms with E-state index < -0.39 is 28.6 Å². The standard InChI is InChI=1S/C17H7Cl3F3NO2/c18-9-3-1-8(2-4-9)13-14(20)16(26)24(15(13)25)10-5-6-12(19)11(7-10)17(21,22)23/h1-7H. The molecule has 0 aromatic heterocycles. The summed E-state index contributed by atoms with van der Waals surface area (Å²) < 4.78 is 39.1. The van der Waals surface area contributed by atoms with Crippen LogP contribution in [0.5, 0.6) is 0 Å². The summed E-state index contributed by atoms with van der Waals surface area (Å²) in [6.45, 7) is 0. The molecule has 0 aliphatic carbocycles. The number of hydrogen-bond acceptors (Lipinski definition) is 2. The number of nitrogens with zero attached hydrogens (tertiary/aromatic N) is 1. The van der Waals surface area contributed by atoms with Gasteiger partial charge in [0, 0.05) is 5.02 Å². The van der Waals surface area contributed by atoms with Crippen molar-refractivity contribution in [2.75, 3.05) is 4.90 Å². The first kappa shape index (κ1) is 18.8. The summed E-state index contributed by atoms with van der Waals surface area (Å²) in [7, 11) is 0. The summed E-state index contributed by atoms with van der Waals surface area (Å²) in [6.07, 6.45) is -4.74. The molecule has 2 amide bonds. The number of anilines is 1. The van der Waals surface area contributed by atoms with Gasteiger partial charge in [0.25, 0.3) is 11.8 Å². The molecule has 0 saturated carbocycles. The molecule has 134 valence electrons. The van der Waals surface area contributed by atoms with Gasteiger partial charge in [0.15, 0.2) is 0 Å². The third kappa shape index (κ3) is 3.20. The second-order valence-electron chi connectivity index (χ2n) is 5.30. The van der Waals surface area contributed by atoms with Crippen molar-refractivity contribution >= 4 is 57.9 Å². The average Bonchev–Trinajstić information content (AvgIpc) is 2.78. The van der Waals surface area contributed by atoms with E-state index in [9.17, 15) is 22.8 Å². The summed E-state index contributed by atoms with van der Waals surface area (Å²) in [5.41, 5.74) is -1.23. The molecular formula is C17H7Cl3F3NO2. The van der Waals surface area contributed by atoms with Gasteiger partial charge < -0.3 is 0 Å². The van der Waals surface area contributed by atoms with Gasteiger partial charge in [-0.05, 0) is 35.9 Å². The van der Waals surface area contributed by atoms with E-state index in [1.54, 1.807) is 0 Å². The lowest BCUT2D eigenvalue weighted by molar-refractivity contribution is -0.137. The summed E-state index contributed by atoms with van der Waals surface area (Å²) in [5.74, 6) is -1.75. The van der Waals surface area contributed by atoms with E-state index in [2.05, 4.69) is 0 Å². The normalized spacial score (nSPS) is 15.2. The Bertz CT molecular complexity index is 953. The predicted octanol–water partition coefficient (Wildman–Crippen LogP) is 5.54. The van der Waals surface area contributed by atoms with Gasteiger partial charge in [0.05, 0.1) is 21.8 Å². The number of carbonyl (C=O) groups excluding carboxylic acids is 2. The van der Waals surface area contributed by atoms with Crippen LogP contribution >= 0.6 is 34.8 Å². The topological polar surface area (TPSA) is 37.4 Å². The Morgan fingerprint density at radius 2 is 1.46 bits per heavy atom. The number of benzene rings is 2. The second-order valence-corrected chi connectivity index (χ2v) is 6.53. The van der Waals surface area contributed by atoms with Crippen molar-refractivity contribution in [1.82, 2.24) is 0 Å². The van der Waals surface area contributed by atoms with Crippen molar-refractivity contribution in [3.05, 3.63) is 68.7 Å².